The SMILES string of the molecule is CC(C)(C)c1nnsc1C(=O)Nc1cccc(C=O)c1. The number of anilines is 1. The van der Waals surface area contributed by atoms with E-state index in [2.05, 4.69) is 14.9 Å². The van der Waals surface area contributed by atoms with Crippen LogP contribution in [0.4, 0.5) is 5.69 Å². The molecule has 0 saturated carbocycles. The molecule has 0 fully saturated rings. The second kappa shape index (κ2) is 5.50. The molecule has 104 valence electrons. The molecule has 0 atom stereocenters. The third-order valence-electron chi connectivity index (χ3n) is 2.69. The molecule has 0 unspecified atom stereocenters. The first kappa shape index (κ1) is 14.3. The van der Waals surface area contributed by atoms with Crippen molar-refractivity contribution in [3.8, 4) is 0 Å². The van der Waals surface area contributed by atoms with Crippen molar-refractivity contribution in [2.24, 2.45) is 0 Å². The monoisotopic (exact) mass is 289 g/mol. The van der Waals surface area contributed by atoms with Gasteiger partial charge < -0.3 is 5.32 Å². The lowest BCUT2D eigenvalue weighted by Gasteiger charge is -2.16. The maximum absolute atomic E-state index is 12.3. The van der Waals surface area contributed by atoms with E-state index >= 15 is 0 Å². The van der Waals surface area contributed by atoms with Crippen molar-refractivity contribution in [2.45, 2.75) is 26.2 Å². The lowest BCUT2D eigenvalue weighted by atomic mass is 9.91. The van der Waals surface area contributed by atoms with Crippen LogP contribution in [0.25, 0.3) is 0 Å². The van der Waals surface area contributed by atoms with Crippen LogP contribution in [0.5, 0.6) is 0 Å². The number of amides is 1. The van der Waals surface area contributed by atoms with E-state index in [-0.39, 0.29) is 11.3 Å². The Bertz CT molecular complexity index is 644. The predicted octanol–water partition coefficient (Wildman–Crippen LogP) is 2.90. The van der Waals surface area contributed by atoms with Crippen molar-refractivity contribution in [1.29, 1.82) is 0 Å². The van der Waals surface area contributed by atoms with Crippen LogP contribution in [-0.4, -0.2) is 21.8 Å². The Morgan fingerprint density at radius 3 is 2.75 bits per heavy atom. The second-order valence-electron chi connectivity index (χ2n) is 5.40. The molecule has 20 heavy (non-hydrogen) atoms. The number of nitrogens with one attached hydrogen (secondary N) is 1. The largest absolute Gasteiger partial charge is 0.321 e. The fraction of sp³-hybridized carbons (Fsp3) is 0.286. The van der Waals surface area contributed by atoms with Crippen molar-refractivity contribution < 1.29 is 9.59 Å². The van der Waals surface area contributed by atoms with E-state index in [4.69, 9.17) is 0 Å². The highest BCUT2D eigenvalue weighted by molar-refractivity contribution is 7.08. The molecule has 1 heterocycles. The van der Waals surface area contributed by atoms with Gasteiger partial charge >= 0.3 is 0 Å². The number of carbonyl (C=O) groups excluding carboxylic acids is 2. The van der Waals surface area contributed by atoms with E-state index in [1.54, 1.807) is 24.3 Å². The van der Waals surface area contributed by atoms with Gasteiger partial charge in [-0.25, -0.2) is 0 Å². The molecule has 1 aromatic carbocycles. The molecule has 1 amide bonds. The summed E-state index contributed by atoms with van der Waals surface area (Å²) in [6, 6.07) is 6.75. The van der Waals surface area contributed by atoms with Crippen LogP contribution in [-0.2, 0) is 5.41 Å². The minimum atomic E-state index is -0.257. The van der Waals surface area contributed by atoms with Gasteiger partial charge in [-0.1, -0.05) is 37.4 Å². The summed E-state index contributed by atoms with van der Waals surface area (Å²) in [4.78, 5) is 23.5. The molecule has 2 aromatic rings. The van der Waals surface area contributed by atoms with Gasteiger partial charge in [0.2, 0.25) is 0 Å². The molecule has 0 aliphatic heterocycles. The summed E-state index contributed by atoms with van der Waals surface area (Å²) in [6.07, 6.45) is 0.741. The van der Waals surface area contributed by atoms with E-state index in [9.17, 15) is 9.59 Å². The highest BCUT2D eigenvalue weighted by atomic mass is 32.1. The zero-order chi connectivity index (χ0) is 14.8. The predicted molar refractivity (Wildman–Crippen MR) is 78.4 cm³/mol. The van der Waals surface area contributed by atoms with E-state index in [0.29, 0.717) is 21.8 Å². The lowest BCUT2D eigenvalue weighted by molar-refractivity contribution is 0.102. The summed E-state index contributed by atoms with van der Waals surface area (Å²) in [5.74, 6) is -0.257. The van der Waals surface area contributed by atoms with E-state index in [1.807, 2.05) is 20.8 Å². The zero-order valence-corrected chi connectivity index (χ0v) is 12.3. The van der Waals surface area contributed by atoms with E-state index < -0.39 is 0 Å². The standard InChI is InChI=1S/C14H15N3O2S/c1-14(2,3)12-11(20-17-16-12)13(19)15-10-6-4-5-9(7-10)8-18/h4-8H,1-3H3,(H,15,19). The van der Waals surface area contributed by atoms with E-state index in [1.165, 1.54) is 0 Å². The molecule has 0 bridgehead atoms. The van der Waals surface area contributed by atoms with Gasteiger partial charge in [0.25, 0.3) is 5.91 Å². The van der Waals surface area contributed by atoms with Gasteiger partial charge in [0, 0.05) is 16.7 Å². The van der Waals surface area contributed by atoms with Gasteiger partial charge in [0.05, 0.1) is 5.69 Å². The maximum atomic E-state index is 12.3. The molecule has 5 nitrogen and oxygen atoms in total. The smallest absolute Gasteiger partial charge is 0.269 e. The first-order valence-corrected chi connectivity index (χ1v) is 6.88. The number of aromatic nitrogens is 2. The second-order valence-corrected chi connectivity index (χ2v) is 6.15. The molecule has 0 aliphatic rings. The summed E-state index contributed by atoms with van der Waals surface area (Å²) >= 11 is 1.07. The van der Waals surface area contributed by atoms with Crippen molar-refractivity contribution >= 4 is 29.4 Å². The van der Waals surface area contributed by atoms with Crippen LogP contribution < -0.4 is 5.32 Å². The number of carbonyl (C=O) groups is 2. The Hall–Kier alpha value is -2.08. The van der Waals surface area contributed by atoms with Crippen LogP contribution in [0.3, 0.4) is 0 Å². The summed E-state index contributed by atoms with van der Waals surface area (Å²) in [5, 5.41) is 6.80. The zero-order valence-electron chi connectivity index (χ0n) is 11.5. The number of hydrogen-bond donors (Lipinski definition) is 1. The maximum Gasteiger partial charge on any atom is 0.269 e. The van der Waals surface area contributed by atoms with Gasteiger partial charge in [-0.15, -0.1) is 5.10 Å². The van der Waals surface area contributed by atoms with Crippen LogP contribution in [0.15, 0.2) is 24.3 Å². The Balaban J connectivity index is 2.24. The lowest BCUT2D eigenvalue weighted by Crippen LogP contribution is -2.19. The summed E-state index contributed by atoms with van der Waals surface area (Å²) in [5.41, 5.74) is 1.52. The van der Waals surface area contributed by atoms with Gasteiger partial charge in [-0.2, -0.15) is 0 Å². The fourth-order valence-corrected chi connectivity index (χ4v) is 2.48. The molecular weight excluding hydrogens is 274 g/mol. The number of nitrogens with zero attached hydrogens (tertiary/aromatic N) is 2. The Morgan fingerprint density at radius 2 is 2.10 bits per heavy atom. The van der Waals surface area contributed by atoms with Gasteiger partial charge in [-0.05, 0) is 23.7 Å². The summed E-state index contributed by atoms with van der Waals surface area (Å²) in [6.45, 7) is 5.94. The number of hydrogen-bond acceptors (Lipinski definition) is 5. The summed E-state index contributed by atoms with van der Waals surface area (Å²) in [7, 11) is 0. The molecule has 1 N–H and O–H groups in total. The Kier molecular flexibility index (Phi) is 3.94. The van der Waals surface area contributed by atoms with Gasteiger partial charge in [-0.3, -0.25) is 9.59 Å². The highest BCUT2D eigenvalue weighted by Crippen LogP contribution is 2.26. The first-order chi connectivity index (χ1) is 9.41. The average Bonchev–Trinajstić information content (AvgIpc) is 2.88. The fourth-order valence-electron chi connectivity index (χ4n) is 1.71. The van der Waals surface area contributed by atoms with Crippen LogP contribution in [0, 0.1) is 0 Å². The van der Waals surface area contributed by atoms with Crippen molar-refractivity contribution in [3.05, 3.63) is 40.4 Å². The average molecular weight is 289 g/mol. The Morgan fingerprint density at radius 1 is 1.35 bits per heavy atom. The molecule has 0 aliphatic carbocycles. The Labute approximate surface area is 121 Å². The minimum absolute atomic E-state index is 0.246. The van der Waals surface area contributed by atoms with Crippen LogP contribution >= 0.6 is 11.5 Å². The third-order valence-corrected chi connectivity index (χ3v) is 3.41. The van der Waals surface area contributed by atoms with Crippen LogP contribution in [0.2, 0.25) is 0 Å². The molecular formula is C14H15N3O2S. The summed E-state index contributed by atoms with van der Waals surface area (Å²) < 4.78 is 3.86. The van der Waals surface area contributed by atoms with Gasteiger partial charge in [0.1, 0.15) is 11.2 Å². The van der Waals surface area contributed by atoms with E-state index in [0.717, 1.165) is 17.8 Å². The quantitative estimate of drug-likeness (QED) is 0.882. The first-order valence-electron chi connectivity index (χ1n) is 6.11. The van der Waals surface area contributed by atoms with Crippen molar-refractivity contribution in [2.75, 3.05) is 5.32 Å². The minimum Gasteiger partial charge on any atom is -0.321 e. The topological polar surface area (TPSA) is 72.0 Å². The molecule has 0 radical (unpaired) electrons. The third kappa shape index (κ3) is 3.08. The normalized spacial score (nSPS) is 11.2. The highest BCUT2D eigenvalue weighted by Gasteiger charge is 2.26. The molecule has 0 spiro atoms. The number of aldehydes is 1. The van der Waals surface area contributed by atoms with Crippen molar-refractivity contribution in [3.63, 3.8) is 0 Å². The van der Waals surface area contributed by atoms with Gasteiger partial charge in [0.15, 0.2) is 0 Å². The molecule has 0 saturated heterocycles. The van der Waals surface area contributed by atoms with Crippen molar-refractivity contribution in [1.82, 2.24) is 9.59 Å². The molecule has 6 heteroatoms. The van der Waals surface area contributed by atoms with Crippen LogP contribution in [0.1, 0.15) is 46.5 Å². The number of benzene rings is 1. The molecule has 2 rings (SSSR count). The number of rotatable bonds is 3. The molecule has 1 aromatic heterocycles.